The van der Waals surface area contributed by atoms with Crippen LogP contribution in [-0.2, 0) is 4.79 Å². The van der Waals surface area contributed by atoms with Crippen molar-refractivity contribution in [3.63, 3.8) is 0 Å². The predicted molar refractivity (Wildman–Crippen MR) is 103 cm³/mol. The Morgan fingerprint density at radius 2 is 1.96 bits per heavy atom. The van der Waals surface area contributed by atoms with Gasteiger partial charge in [0.2, 0.25) is 0 Å². The molecule has 0 saturated carbocycles. The molecule has 0 aliphatic heterocycles. The quantitative estimate of drug-likeness (QED) is 0.678. The summed E-state index contributed by atoms with van der Waals surface area (Å²) in [5.41, 5.74) is 3.65. The highest BCUT2D eigenvalue weighted by Gasteiger charge is 2.08. The Morgan fingerprint density at radius 3 is 2.60 bits per heavy atom. The first-order valence-corrected chi connectivity index (χ1v) is 8.98. The van der Waals surface area contributed by atoms with Gasteiger partial charge >= 0.3 is 0 Å². The number of hydrogen-bond acceptors (Lipinski definition) is 4. The van der Waals surface area contributed by atoms with Gasteiger partial charge in [-0.15, -0.1) is 11.3 Å². The molecule has 4 nitrogen and oxygen atoms in total. The van der Waals surface area contributed by atoms with E-state index in [0.717, 1.165) is 21.8 Å². The van der Waals surface area contributed by atoms with Crippen LogP contribution in [0.5, 0.6) is 5.75 Å². The number of benzene rings is 2. The summed E-state index contributed by atoms with van der Waals surface area (Å²) in [6.07, 6.45) is 0. The van der Waals surface area contributed by atoms with Crippen molar-refractivity contribution in [3.8, 4) is 16.3 Å². The molecule has 128 valence electrons. The van der Waals surface area contributed by atoms with Gasteiger partial charge in [-0.05, 0) is 55.8 Å². The van der Waals surface area contributed by atoms with E-state index in [1.54, 1.807) is 23.5 Å². The first-order chi connectivity index (χ1) is 12.0. The van der Waals surface area contributed by atoms with Crippen LogP contribution in [0.4, 0.5) is 5.69 Å². The molecular weight excluding hydrogens is 356 g/mol. The molecule has 1 aromatic heterocycles. The van der Waals surface area contributed by atoms with Crippen molar-refractivity contribution < 1.29 is 9.53 Å². The Morgan fingerprint density at radius 1 is 1.20 bits per heavy atom. The summed E-state index contributed by atoms with van der Waals surface area (Å²) in [5.74, 6) is 0.368. The van der Waals surface area contributed by atoms with Crippen LogP contribution in [0.2, 0.25) is 5.02 Å². The second kappa shape index (κ2) is 7.68. The summed E-state index contributed by atoms with van der Waals surface area (Å²) >= 11 is 7.71. The highest BCUT2D eigenvalue weighted by molar-refractivity contribution is 7.13. The third-order valence-corrected chi connectivity index (χ3v) is 4.81. The second-order valence-electron chi connectivity index (χ2n) is 5.64. The summed E-state index contributed by atoms with van der Waals surface area (Å²) in [6.45, 7) is 3.83. The van der Waals surface area contributed by atoms with Gasteiger partial charge in [-0.1, -0.05) is 17.7 Å². The molecule has 0 radical (unpaired) electrons. The van der Waals surface area contributed by atoms with Crippen molar-refractivity contribution in [1.82, 2.24) is 4.98 Å². The number of halogens is 1. The van der Waals surface area contributed by atoms with Crippen LogP contribution in [-0.4, -0.2) is 17.5 Å². The van der Waals surface area contributed by atoms with Crippen LogP contribution in [0.1, 0.15) is 11.3 Å². The lowest BCUT2D eigenvalue weighted by molar-refractivity contribution is -0.118. The van der Waals surface area contributed by atoms with Crippen LogP contribution in [0, 0.1) is 13.8 Å². The fourth-order valence-electron chi connectivity index (χ4n) is 2.24. The molecular formula is C19H17ClN2O2S. The van der Waals surface area contributed by atoms with Crippen molar-refractivity contribution in [2.24, 2.45) is 0 Å². The largest absolute Gasteiger partial charge is 0.484 e. The highest BCUT2D eigenvalue weighted by Crippen LogP contribution is 2.26. The third-order valence-electron chi connectivity index (χ3n) is 3.49. The molecule has 0 spiro atoms. The molecule has 2 aromatic carbocycles. The lowest BCUT2D eigenvalue weighted by Gasteiger charge is -2.09. The molecule has 0 aliphatic rings. The lowest BCUT2D eigenvalue weighted by Crippen LogP contribution is -2.20. The Labute approximate surface area is 155 Å². The maximum absolute atomic E-state index is 12.0. The maximum Gasteiger partial charge on any atom is 0.262 e. The Hall–Kier alpha value is -2.37. The Kier molecular flexibility index (Phi) is 5.36. The van der Waals surface area contributed by atoms with Gasteiger partial charge in [0, 0.05) is 16.6 Å². The SMILES string of the molecule is Cc1ccc(NC(=O)COc2ccc(-c3nc(C)cs3)cc2)c(Cl)c1. The minimum Gasteiger partial charge on any atom is -0.484 e. The van der Waals surface area contributed by atoms with E-state index in [1.165, 1.54) is 0 Å². The number of nitrogens with zero attached hydrogens (tertiary/aromatic N) is 1. The molecule has 3 rings (SSSR count). The van der Waals surface area contributed by atoms with Crippen LogP contribution >= 0.6 is 22.9 Å². The van der Waals surface area contributed by atoms with E-state index < -0.39 is 0 Å². The van der Waals surface area contributed by atoms with Gasteiger partial charge in [0.1, 0.15) is 10.8 Å². The van der Waals surface area contributed by atoms with Gasteiger partial charge in [-0.2, -0.15) is 0 Å². The maximum atomic E-state index is 12.0. The molecule has 0 saturated heterocycles. The highest BCUT2D eigenvalue weighted by atomic mass is 35.5. The van der Waals surface area contributed by atoms with E-state index >= 15 is 0 Å². The van der Waals surface area contributed by atoms with Crippen molar-refractivity contribution >= 4 is 34.5 Å². The average molecular weight is 373 g/mol. The molecule has 0 fully saturated rings. The van der Waals surface area contributed by atoms with Gasteiger partial charge in [0.25, 0.3) is 5.91 Å². The van der Waals surface area contributed by atoms with Crippen molar-refractivity contribution in [1.29, 1.82) is 0 Å². The van der Waals surface area contributed by atoms with E-state index in [4.69, 9.17) is 16.3 Å². The summed E-state index contributed by atoms with van der Waals surface area (Å²) in [6, 6.07) is 13.0. The van der Waals surface area contributed by atoms with Crippen molar-refractivity contribution in [3.05, 3.63) is 64.1 Å². The number of nitrogens with one attached hydrogen (secondary N) is 1. The normalized spacial score (nSPS) is 10.5. The molecule has 1 heterocycles. The lowest BCUT2D eigenvalue weighted by atomic mass is 10.2. The van der Waals surface area contributed by atoms with Gasteiger partial charge < -0.3 is 10.1 Å². The summed E-state index contributed by atoms with van der Waals surface area (Å²) in [4.78, 5) is 16.5. The number of carbonyl (C=O) groups is 1. The molecule has 0 atom stereocenters. The second-order valence-corrected chi connectivity index (χ2v) is 6.90. The van der Waals surface area contributed by atoms with Gasteiger partial charge in [-0.25, -0.2) is 4.98 Å². The first kappa shape index (κ1) is 17.5. The number of hydrogen-bond donors (Lipinski definition) is 1. The molecule has 1 amide bonds. The van der Waals surface area contributed by atoms with Gasteiger partial charge in [0.15, 0.2) is 6.61 Å². The molecule has 1 N–H and O–H groups in total. The summed E-state index contributed by atoms with van der Waals surface area (Å²) < 4.78 is 5.53. The minimum absolute atomic E-state index is 0.0834. The molecule has 3 aromatic rings. The predicted octanol–water partition coefficient (Wildman–Crippen LogP) is 5.10. The molecule has 6 heteroatoms. The number of ether oxygens (including phenoxy) is 1. The minimum atomic E-state index is -0.259. The molecule has 0 unspecified atom stereocenters. The zero-order valence-corrected chi connectivity index (χ0v) is 15.4. The fraction of sp³-hybridized carbons (Fsp3) is 0.158. The molecule has 25 heavy (non-hydrogen) atoms. The standard InChI is InChI=1S/C19H17ClN2O2S/c1-12-3-8-17(16(20)9-12)22-18(23)10-24-15-6-4-14(5-7-15)19-21-13(2)11-25-19/h3-9,11H,10H2,1-2H3,(H,22,23). The van der Waals surface area contributed by atoms with E-state index in [2.05, 4.69) is 10.3 Å². The van der Waals surface area contributed by atoms with Crippen molar-refractivity contribution in [2.75, 3.05) is 11.9 Å². The van der Waals surface area contributed by atoms with Crippen LogP contribution < -0.4 is 10.1 Å². The van der Waals surface area contributed by atoms with E-state index in [0.29, 0.717) is 16.5 Å². The summed E-state index contributed by atoms with van der Waals surface area (Å²) in [7, 11) is 0. The van der Waals surface area contributed by atoms with Gasteiger partial charge in [0.05, 0.1) is 10.7 Å². The number of rotatable bonds is 5. The topological polar surface area (TPSA) is 51.2 Å². The van der Waals surface area contributed by atoms with Crippen molar-refractivity contribution in [2.45, 2.75) is 13.8 Å². The van der Waals surface area contributed by atoms with E-state index in [9.17, 15) is 4.79 Å². The number of anilines is 1. The number of thiazole rings is 1. The Balaban J connectivity index is 1.57. The number of carbonyl (C=O) groups excluding carboxylic acids is 1. The number of amides is 1. The monoisotopic (exact) mass is 372 g/mol. The third kappa shape index (κ3) is 4.59. The van der Waals surface area contributed by atoms with Gasteiger partial charge in [-0.3, -0.25) is 4.79 Å². The smallest absolute Gasteiger partial charge is 0.262 e. The zero-order valence-electron chi connectivity index (χ0n) is 13.9. The first-order valence-electron chi connectivity index (χ1n) is 7.72. The molecule has 0 aliphatic carbocycles. The summed E-state index contributed by atoms with van der Waals surface area (Å²) in [5, 5.41) is 6.24. The number of aromatic nitrogens is 1. The molecule has 0 bridgehead atoms. The van der Waals surface area contributed by atoms with Crippen LogP contribution in [0.15, 0.2) is 47.8 Å². The van der Waals surface area contributed by atoms with E-state index in [-0.39, 0.29) is 12.5 Å². The van der Waals surface area contributed by atoms with Crippen LogP contribution in [0.3, 0.4) is 0 Å². The number of aryl methyl sites for hydroxylation is 2. The fourth-order valence-corrected chi connectivity index (χ4v) is 3.32. The van der Waals surface area contributed by atoms with Crippen LogP contribution in [0.25, 0.3) is 10.6 Å². The zero-order chi connectivity index (χ0) is 17.8. The van der Waals surface area contributed by atoms with E-state index in [1.807, 2.05) is 49.6 Å². The Bertz CT molecular complexity index is 891. The average Bonchev–Trinajstić information content (AvgIpc) is 3.02.